The van der Waals surface area contributed by atoms with E-state index >= 15 is 0 Å². The largest absolute Gasteiger partial charge is 0.407 e. The molecule has 0 aromatic carbocycles. The summed E-state index contributed by atoms with van der Waals surface area (Å²) in [5.74, 6) is -0.399. The second-order valence-corrected chi connectivity index (χ2v) is 5.17. The van der Waals surface area contributed by atoms with E-state index in [0.717, 1.165) is 0 Å². The number of methoxy groups -OCH3 is 1. The van der Waals surface area contributed by atoms with Crippen molar-refractivity contribution in [3.05, 3.63) is 5.89 Å². The molecule has 0 radical (unpaired) electrons. The van der Waals surface area contributed by atoms with E-state index in [-0.39, 0.29) is 12.6 Å². The molecule has 0 atom stereocenters. The zero-order chi connectivity index (χ0) is 15.5. The molecule has 21 heavy (non-hydrogen) atoms. The van der Waals surface area contributed by atoms with Crippen LogP contribution in [0.4, 0.5) is 6.01 Å². The maximum Gasteiger partial charge on any atom is 0.319 e. The topological polar surface area (TPSA) is 110 Å². The first-order valence-electron chi connectivity index (χ1n) is 6.59. The lowest BCUT2D eigenvalue weighted by Gasteiger charge is -2.38. The Bertz CT molecular complexity index is 527. The number of nitrogens with one attached hydrogen (secondary N) is 2. The molecule has 2 heterocycles. The molecule has 2 amide bonds. The molecule has 1 fully saturated rings. The number of hydrogen-bond acceptors (Lipinski definition) is 8. The quantitative estimate of drug-likeness (QED) is 0.511. The molecule has 1 aliphatic heterocycles. The number of hydrogen-bond donors (Lipinski definition) is 2. The Balaban J connectivity index is 2.05. The Morgan fingerprint density at radius 3 is 2.90 bits per heavy atom. The average molecular weight is 297 g/mol. The van der Waals surface area contributed by atoms with Crippen LogP contribution in [-0.2, 0) is 20.9 Å². The van der Waals surface area contributed by atoms with E-state index < -0.39 is 17.4 Å². The summed E-state index contributed by atoms with van der Waals surface area (Å²) in [7, 11) is 1.62. The van der Waals surface area contributed by atoms with Gasteiger partial charge >= 0.3 is 6.01 Å². The third kappa shape index (κ3) is 3.37. The second kappa shape index (κ2) is 6.19. The minimum absolute atomic E-state index is 0.00250. The summed E-state index contributed by atoms with van der Waals surface area (Å²) < 4.78 is 10.4. The van der Waals surface area contributed by atoms with E-state index in [4.69, 9.17) is 9.15 Å². The monoisotopic (exact) mass is 297 g/mol. The highest BCUT2D eigenvalue weighted by molar-refractivity contribution is 6.06. The lowest BCUT2D eigenvalue weighted by molar-refractivity contribution is -0.135. The normalized spacial score (nSPS) is 18.0. The van der Waals surface area contributed by atoms with Gasteiger partial charge in [-0.15, -0.1) is 5.10 Å². The zero-order valence-corrected chi connectivity index (χ0v) is 12.3. The van der Waals surface area contributed by atoms with Crippen molar-refractivity contribution in [2.24, 2.45) is 0 Å². The molecule has 2 rings (SSSR count). The fourth-order valence-corrected chi connectivity index (χ4v) is 1.88. The maximum atomic E-state index is 11.9. The fraction of sp³-hybridized carbons (Fsp3) is 0.667. The van der Waals surface area contributed by atoms with Gasteiger partial charge in [-0.1, -0.05) is 5.10 Å². The summed E-state index contributed by atoms with van der Waals surface area (Å²) in [6.45, 7) is 5.01. The van der Waals surface area contributed by atoms with E-state index in [0.29, 0.717) is 25.6 Å². The first kappa shape index (κ1) is 15.4. The van der Waals surface area contributed by atoms with Crippen molar-refractivity contribution in [2.75, 3.05) is 31.7 Å². The van der Waals surface area contributed by atoms with E-state index in [9.17, 15) is 9.59 Å². The second-order valence-electron chi connectivity index (χ2n) is 5.17. The van der Waals surface area contributed by atoms with Crippen LogP contribution in [0, 0.1) is 0 Å². The molecule has 116 valence electrons. The average Bonchev–Trinajstić information content (AvgIpc) is 2.88. The Morgan fingerprint density at radius 2 is 2.19 bits per heavy atom. The summed E-state index contributed by atoms with van der Waals surface area (Å²) in [6.07, 6.45) is 0. The van der Waals surface area contributed by atoms with Gasteiger partial charge in [0.05, 0.1) is 13.2 Å². The van der Waals surface area contributed by atoms with Crippen molar-refractivity contribution in [1.82, 2.24) is 20.8 Å². The number of piperazine rings is 1. The molecular formula is C12H19N5O4. The van der Waals surface area contributed by atoms with Crippen molar-refractivity contribution in [2.45, 2.75) is 25.9 Å². The Hall–Kier alpha value is -2.00. The first-order valence-corrected chi connectivity index (χ1v) is 6.59. The Morgan fingerprint density at radius 1 is 1.43 bits per heavy atom. The van der Waals surface area contributed by atoms with Crippen molar-refractivity contribution in [3.63, 3.8) is 0 Å². The highest BCUT2D eigenvalue weighted by atomic mass is 16.5. The van der Waals surface area contributed by atoms with Crippen molar-refractivity contribution < 1.29 is 18.7 Å². The van der Waals surface area contributed by atoms with Gasteiger partial charge in [-0.25, -0.2) is 0 Å². The van der Waals surface area contributed by atoms with Crippen molar-refractivity contribution >= 4 is 17.8 Å². The molecule has 0 unspecified atom stereocenters. The smallest absolute Gasteiger partial charge is 0.319 e. The number of rotatable bonds is 6. The molecule has 9 heteroatoms. The van der Waals surface area contributed by atoms with Gasteiger partial charge in [0.15, 0.2) is 0 Å². The summed E-state index contributed by atoms with van der Waals surface area (Å²) >= 11 is 0. The van der Waals surface area contributed by atoms with Crippen molar-refractivity contribution in [1.29, 1.82) is 0 Å². The summed E-state index contributed by atoms with van der Waals surface area (Å²) in [5.41, 5.74) is -0.929. The van der Waals surface area contributed by atoms with Crippen LogP contribution in [0.1, 0.15) is 19.7 Å². The van der Waals surface area contributed by atoms with Gasteiger partial charge in [-0.2, -0.15) is 0 Å². The predicted molar refractivity (Wildman–Crippen MR) is 72.5 cm³/mol. The van der Waals surface area contributed by atoms with E-state index in [1.165, 1.54) is 4.90 Å². The minimum atomic E-state index is -0.929. The van der Waals surface area contributed by atoms with E-state index in [2.05, 4.69) is 20.8 Å². The van der Waals surface area contributed by atoms with Crippen LogP contribution in [0.2, 0.25) is 0 Å². The van der Waals surface area contributed by atoms with E-state index in [1.54, 1.807) is 21.0 Å². The molecule has 2 N–H and O–H groups in total. The van der Waals surface area contributed by atoms with Crippen LogP contribution >= 0.6 is 0 Å². The molecule has 1 aliphatic rings. The lowest BCUT2D eigenvalue weighted by atomic mass is 9.99. The van der Waals surface area contributed by atoms with Crippen molar-refractivity contribution in [3.8, 4) is 0 Å². The Kier molecular flexibility index (Phi) is 4.53. The third-order valence-corrected chi connectivity index (χ3v) is 3.23. The molecule has 0 spiro atoms. The van der Waals surface area contributed by atoms with Gasteiger partial charge in [0.1, 0.15) is 12.1 Å². The maximum absolute atomic E-state index is 11.9. The first-order chi connectivity index (χ1) is 9.95. The number of carbonyl (C=O) groups is 2. The SMILES string of the molecule is COCCNCc1nnc(N2CC(=O)NC(=O)C2(C)C)o1. The molecule has 9 nitrogen and oxygen atoms in total. The molecular weight excluding hydrogens is 278 g/mol. The standard InChI is InChI=1S/C12H19N5O4/c1-12(2)10(19)14-8(18)7-17(12)11-16-15-9(21-11)6-13-4-5-20-3/h13H,4-7H2,1-3H3,(H,14,18,19). The predicted octanol–water partition coefficient (Wildman–Crippen LogP) is -0.953. The number of nitrogens with zero attached hydrogens (tertiary/aromatic N) is 3. The van der Waals surface area contributed by atoms with Gasteiger partial charge in [0.2, 0.25) is 11.8 Å². The van der Waals surface area contributed by atoms with Crippen LogP contribution in [0.25, 0.3) is 0 Å². The molecule has 0 saturated carbocycles. The van der Waals surface area contributed by atoms with Crippen LogP contribution in [0.15, 0.2) is 4.42 Å². The van der Waals surface area contributed by atoms with Crippen LogP contribution in [0.3, 0.4) is 0 Å². The van der Waals surface area contributed by atoms with Crippen LogP contribution in [0.5, 0.6) is 0 Å². The van der Waals surface area contributed by atoms with Crippen LogP contribution in [-0.4, -0.2) is 54.4 Å². The molecule has 1 saturated heterocycles. The van der Waals surface area contributed by atoms with Gasteiger partial charge in [0, 0.05) is 13.7 Å². The molecule has 0 bridgehead atoms. The number of carbonyl (C=O) groups excluding carboxylic acids is 2. The summed E-state index contributed by atoms with van der Waals surface area (Å²) in [5, 5.41) is 13.2. The highest BCUT2D eigenvalue weighted by Gasteiger charge is 2.43. The number of anilines is 1. The third-order valence-electron chi connectivity index (χ3n) is 3.23. The number of imide groups is 1. The van der Waals surface area contributed by atoms with Crippen LogP contribution < -0.4 is 15.5 Å². The highest BCUT2D eigenvalue weighted by Crippen LogP contribution is 2.25. The van der Waals surface area contributed by atoms with E-state index in [1.807, 2.05) is 0 Å². The summed E-state index contributed by atoms with van der Waals surface area (Å²) in [4.78, 5) is 24.9. The Labute approximate surface area is 122 Å². The lowest BCUT2D eigenvalue weighted by Crippen LogP contribution is -2.64. The molecule has 1 aromatic rings. The van der Waals surface area contributed by atoms with Gasteiger partial charge in [0.25, 0.3) is 5.91 Å². The number of amides is 2. The molecule has 0 aliphatic carbocycles. The fourth-order valence-electron chi connectivity index (χ4n) is 1.88. The number of ether oxygens (including phenoxy) is 1. The van der Waals surface area contributed by atoms with Gasteiger partial charge < -0.3 is 19.4 Å². The minimum Gasteiger partial charge on any atom is -0.407 e. The molecule has 1 aromatic heterocycles. The summed E-state index contributed by atoms with van der Waals surface area (Å²) in [6, 6.07) is 0.159. The van der Waals surface area contributed by atoms with Gasteiger partial charge in [-0.3, -0.25) is 14.9 Å². The number of aromatic nitrogens is 2. The zero-order valence-electron chi connectivity index (χ0n) is 12.3. The van der Waals surface area contributed by atoms with Gasteiger partial charge in [-0.05, 0) is 13.8 Å².